The summed E-state index contributed by atoms with van der Waals surface area (Å²) in [4.78, 5) is 25.4. The van der Waals surface area contributed by atoms with E-state index in [0.717, 1.165) is 4.90 Å². The molecule has 20 heavy (non-hydrogen) atoms. The van der Waals surface area contributed by atoms with E-state index in [0.29, 0.717) is 4.90 Å². The molecule has 0 unspecified atom stereocenters. The standard InChI is InChI=1S/C12H19F3N2O3/c1-11(2,3)20-10(19)16(4)8-5-6-17(9(8)18)7-12(13,14)15/h8H,5-7H2,1-4H3/t8-/m1/s1. The Kier molecular flexibility index (Phi) is 4.55. The zero-order valence-electron chi connectivity index (χ0n) is 12.0. The second-order valence-corrected chi connectivity index (χ2v) is 5.77. The molecule has 1 saturated heterocycles. The van der Waals surface area contributed by atoms with Gasteiger partial charge in [-0.2, -0.15) is 13.2 Å². The molecule has 0 aliphatic carbocycles. The van der Waals surface area contributed by atoms with E-state index in [-0.39, 0.29) is 13.0 Å². The van der Waals surface area contributed by atoms with Gasteiger partial charge < -0.3 is 9.64 Å². The van der Waals surface area contributed by atoms with E-state index in [1.165, 1.54) is 7.05 Å². The largest absolute Gasteiger partial charge is 0.444 e. The minimum atomic E-state index is -4.44. The van der Waals surface area contributed by atoms with Gasteiger partial charge >= 0.3 is 12.3 Å². The van der Waals surface area contributed by atoms with Crippen molar-refractivity contribution in [3.8, 4) is 0 Å². The maximum atomic E-state index is 12.3. The van der Waals surface area contributed by atoms with Gasteiger partial charge in [0, 0.05) is 13.6 Å². The molecule has 8 heteroatoms. The highest BCUT2D eigenvalue weighted by Crippen LogP contribution is 2.23. The van der Waals surface area contributed by atoms with E-state index in [9.17, 15) is 22.8 Å². The van der Waals surface area contributed by atoms with Crippen molar-refractivity contribution < 1.29 is 27.5 Å². The van der Waals surface area contributed by atoms with Gasteiger partial charge in [-0.15, -0.1) is 0 Å². The summed E-state index contributed by atoms with van der Waals surface area (Å²) in [6.45, 7) is 3.71. The van der Waals surface area contributed by atoms with E-state index < -0.39 is 36.4 Å². The van der Waals surface area contributed by atoms with Crippen LogP contribution in [-0.2, 0) is 9.53 Å². The van der Waals surface area contributed by atoms with Crippen LogP contribution < -0.4 is 0 Å². The number of amides is 2. The molecule has 2 amide bonds. The average Bonchev–Trinajstić information content (AvgIpc) is 2.54. The van der Waals surface area contributed by atoms with E-state index in [1.807, 2.05) is 0 Å². The third-order valence-corrected chi connectivity index (χ3v) is 2.79. The third-order valence-electron chi connectivity index (χ3n) is 2.79. The van der Waals surface area contributed by atoms with Gasteiger partial charge in [0.05, 0.1) is 0 Å². The van der Waals surface area contributed by atoms with Crippen molar-refractivity contribution in [1.82, 2.24) is 9.80 Å². The van der Waals surface area contributed by atoms with Crippen LogP contribution in [0.25, 0.3) is 0 Å². The highest BCUT2D eigenvalue weighted by molar-refractivity contribution is 5.87. The molecule has 5 nitrogen and oxygen atoms in total. The molecule has 0 aromatic heterocycles. The summed E-state index contributed by atoms with van der Waals surface area (Å²) in [5, 5.41) is 0. The molecule has 1 heterocycles. The van der Waals surface area contributed by atoms with Gasteiger partial charge in [-0.3, -0.25) is 9.69 Å². The van der Waals surface area contributed by atoms with Crippen LogP contribution in [0, 0.1) is 0 Å². The van der Waals surface area contributed by atoms with Gasteiger partial charge in [0.15, 0.2) is 0 Å². The molecule has 1 aliphatic heterocycles. The van der Waals surface area contributed by atoms with E-state index >= 15 is 0 Å². The van der Waals surface area contributed by atoms with Crippen LogP contribution in [0.3, 0.4) is 0 Å². The van der Waals surface area contributed by atoms with Gasteiger partial charge in [-0.25, -0.2) is 4.79 Å². The van der Waals surface area contributed by atoms with Gasteiger partial charge in [-0.05, 0) is 27.2 Å². The first-order valence-electron chi connectivity index (χ1n) is 6.22. The molecule has 0 aromatic carbocycles. The van der Waals surface area contributed by atoms with E-state index in [2.05, 4.69) is 0 Å². The van der Waals surface area contributed by atoms with Crippen LogP contribution in [0.1, 0.15) is 27.2 Å². The molecule has 0 bridgehead atoms. The molecule has 1 rings (SSSR count). The van der Waals surface area contributed by atoms with Crippen LogP contribution in [0.4, 0.5) is 18.0 Å². The fourth-order valence-corrected chi connectivity index (χ4v) is 1.92. The smallest absolute Gasteiger partial charge is 0.410 e. The number of carbonyl (C=O) groups is 2. The molecule has 1 fully saturated rings. The molecular weight excluding hydrogens is 277 g/mol. The van der Waals surface area contributed by atoms with Crippen LogP contribution in [0.5, 0.6) is 0 Å². The number of carbonyl (C=O) groups excluding carboxylic acids is 2. The predicted molar refractivity (Wildman–Crippen MR) is 65.0 cm³/mol. The van der Waals surface area contributed by atoms with Crippen molar-refractivity contribution in [1.29, 1.82) is 0 Å². The fourth-order valence-electron chi connectivity index (χ4n) is 1.92. The number of hydrogen-bond donors (Lipinski definition) is 0. The van der Waals surface area contributed by atoms with Crippen LogP contribution in [0.2, 0.25) is 0 Å². The number of nitrogens with zero attached hydrogens (tertiary/aromatic N) is 2. The first-order chi connectivity index (χ1) is 8.91. The summed E-state index contributed by atoms with van der Waals surface area (Å²) < 4.78 is 42.0. The maximum absolute atomic E-state index is 12.3. The number of alkyl halides is 3. The van der Waals surface area contributed by atoms with Crippen molar-refractivity contribution in [2.24, 2.45) is 0 Å². The van der Waals surface area contributed by atoms with Gasteiger partial charge in [0.25, 0.3) is 0 Å². The molecule has 0 aromatic rings. The summed E-state index contributed by atoms with van der Waals surface area (Å²) in [7, 11) is 1.35. The third kappa shape index (κ3) is 4.57. The lowest BCUT2D eigenvalue weighted by atomic mass is 10.2. The quantitative estimate of drug-likeness (QED) is 0.783. The number of ether oxygens (including phenoxy) is 1. The van der Waals surface area contributed by atoms with Crippen molar-refractivity contribution >= 4 is 12.0 Å². The zero-order valence-corrected chi connectivity index (χ0v) is 12.0. The Balaban J connectivity index is 2.65. The predicted octanol–water partition coefficient (Wildman–Crippen LogP) is 2.02. The monoisotopic (exact) mass is 296 g/mol. The lowest BCUT2D eigenvalue weighted by Crippen LogP contribution is -2.46. The molecule has 1 atom stereocenters. The Hall–Kier alpha value is -1.47. The summed E-state index contributed by atoms with van der Waals surface area (Å²) in [6, 6.07) is -0.896. The fraction of sp³-hybridized carbons (Fsp3) is 0.833. The van der Waals surface area contributed by atoms with Gasteiger partial charge in [0.1, 0.15) is 18.2 Å². The van der Waals surface area contributed by atoms with Crippen molar-refractivity contribution in [2.75, 3.05) is 20.1 Å². The molecular formula is C12H19F3N2O3. The van der Waals surface area contributed by atoms with Gasteiger partial charge in [0.2, 0.25) is 5.91 Å². The number of likely N-dealkylation sites (tertiary alicyclic amines) is 1. The second kappa shape index (κ2) is 5.49. The molecule has 0 radical (unpaired) electrons. The summed E-state index contributed by atoms with van der Waals surface area (Å²) in [6.07, 6.45) is -4.98. The van der Waals surface area contributed by atoms with Crippen molar-refractivity contribution in [3.05, 3.63) is 0 Å². The normalized spacial score (nSPS) is 20.2. The summed E-state index contributed by atoms with van der Waals surface area (Å²) in [5.41, 5.74) is -0.724. The Morgan fingerprint density at radius 2 is 1.95 bits per heavy atom. The molecule has 116 valence electrons. The first kappa shape index (κ1) is 16.6. The number of halogens is 3. The van der Waals surface area contributed by atoms with E-state index in [1.54, 1.807) is 20.8 Å². The number of rotatable bonds is 2. The Morgan fingerprint density at radius 1 is 1.40 bits per heavy atom. The number of hydrogen-bond acceptors (Lipinski definition) is 3. The van der Waals surface area contributed by atoms with Crippen LogP contribution in [-0.4, -0.2) is 59.8 Å². The molecule has 0 N–H and O–H groups in total. The Bertz CT molecular complexity index is 390. The van der Waals surface area contributed by atoms with Gasteiger partial charge in [-0.1, -0.05) is 0 Å². The van der Waals surface area contributed by atoms with Crippen LogP contribution in [0.15, 0.2) is 0 Å². The Morgan fingerprint density at radius 3 is 2.40 bits per heavy atom. The second-order valence-electron chi connectivity index (χ2n) is 5.77. The summed E-state index contributed by atoms with van der Waals surface area (Å²) >= 11 is 0. The SMILES string of the molecule is CN(C(=O)OC(C)(C)C)[C@@H]1CCN(CC(F)(F)F)C1=O. The lowest BCUT2D eigenvalue weighted by Gasteiger charge is -2.28. The minimum absolute atomic E-state index is 0.0177. The van der Waals surface area contributed by atoms with E-state index in [4.69, 9.17) is 4.74 Å². The minimum Gasteiger partial charge on any atom is -0.444 e. The topological polar surface area (TPSA) is 49.9 Å². The highest BCUT2D eigenvalue weighted by Gasteiger charge is 2.42. The first-order valence-corrected chi connectivity index (χ1v) is 6.22. The maximum Gasteiger partial charge on any atom is 0.410 e. The summed E-state index contributed by atoms with van der Waals surface area (Å²) in [5.74, 6) is -0.698. The number of likely N-dealkylation sites (N-methyl/N-ethyl adjacent to an activating group) is 1. The van der Waals surface area contributed by atoms with Crippen molar-refractivity contribution in [3.63, 3.8) is 0 Å². The van der Waals surface area contributed by atoms with Crippen molar-refractivity contribution in [2.45, 2.75) is 45.0 Å². The molecule has 0 saturated carbocycles. The Labute approximate surface area is 115 Å². The zero-order chi connectivity index (χ0) is 15.7. The highest BCUT2D eigenvalue weighted by atomic mass is 19.4. The lowest BCUT2D eigenvalue weighted by molar-refractivity contribution is -0.158. The average molecular weight is 296 g/mol. The van der Waals surface area contributed by atoms with Crippen LogP contribution >= 0.6 is 0 Å². The molecule has 1 aliphatic rings. The molecule has 0 spiro atoms.